The van der Waals surface area contributed by atoms with Crippen molar-refractivity contribution in [1.82, 2.24) is 0 Å². The molecule has 0 radical (unpaired) electrons. The van der Waals surface area contributed by atoms with Crippen LogP contribution in [0, 0.1) is 13.8 Å². The van der Waals surface area contributed by atoms with E-state index in [0.29, 0.717) is 17.7 Å². The highest BCUT2D eigenvalue weighted by Gasteiger charge is 2.12. The molecule has 0 fully saturated rings. The molecule has 0 unspecified atom stereocenters. The van der Waals surface area contributed by atoms with Crippen LogP contribution in [0.4, 0.5) is 0 Å². The Morgan fingerprint density at radius 1 is 1.32 bits per heavy atom. The predicted octanol–water partition coefficient (Wildman–Crippen LogP) is 4.18. The maximum Gasteiger partial charge on any atom is 0.342 e. The predicted molar refractivity (Wildman–Crippen MR) is 86.0 cm³/mol. The monoisotopic (exact) mass is 374 g/mol. The van der Waals surface area contributed by atoms with Crippen LogP contribution in [0.5, 0.6) is 5.75 Å². The second-order valence-corrected chi connectivity index (χ2v) is 5.38. The summed E-state index contributed by atoms with van der Waals surface area (Å²) in [7, 11) is 0. The lowest BCUT2D eigenvalue weighted by Crippen LogP contribution is -2.07. The van der Waals surface area contributed by atoms with Crippen LogP contribution in [0.2, 0.25) is 0 Å². The zero-order valence-electron chi connectivity index (χ0n) is 11.7. The van der Waals surface area contributed by atoms with Crippen molar-refractivity contribution in [2.24, 2.45) is 0 Å². The zero-order valence-corrected chi connectivity index (χ0v) is 13.9. The summed E-state index contributed by atoms with van der Waals surface area (Å²) in [6.45, 7) is 7.43. The van der Waals surface area contributed by atoms with Gasteiger partial charge in [-0.05, 0) is 43.8 Å². The Morgan fingerprint density at radius 2 is 1.95 bits per heavy atom. The first kappa shape index (κ1) is 16.0. The third kappa shape index (κ3) is 4.23. The Morgan fingerprint density at radius 3 is 2.53 bits per heavy atom. The average Bonchev–Trinajstić information content (AvgIpc) is 2.38. The molecular weight excluding hydrogens is 355 g/mol. The Balaban J connectivity index is 2.91. The molecule has 0 amide bonds. The van der Waals surface area contributed by atoms with Gasteiger partial charge in [-0.3, -0.25) is 0 Å². The van der Waals surface area contributed by atoms with Crippen molar-refractivity contribution in [3.8, 4) is 5.75 Å². The van der Waals surface area contributed by atoms with E-state index in [2.05, 4.69) is 28.7 Å². The lowest BCUT2D eigenvalue weighted by atomic mass is 10.0. The third-order valence-electron chi connectivity index (χ3n) is 3.04. The normalized spacial score (nSPS) is 12.9. The van der Waals surface area contributed by atoms with Gasteiger partial charge in [0, 0.05) is 12.0 Å². The maximum absolute atomic E-state index is 11.5. The summed E-state index contributed by atoms with van der Waals surface area (Å²) in [4.78, 5) is 11.5. The Kier molecular flexibility index (Phi) is 5.85. The first-order valence-corrected chi connectivity index (χ1v) is 7.37. The van der Waals surface area contributed by atoms with Crippen LogP contribution < -0.4 is 5.63 Å². The fourth-order valence-corrected chi connectivity index (χ4v) is 2.00. The summed E-state index contributed by atoms with van der Waals surface area (Å²) >= 11 is 2.20. The molecule has 3 nitrogen and oxygen atoms in total. The van der Waals surface area contributed by atoms with E-state index in [-0.39, 0.29) is 11.3 Å². The topological polar surface area (TPSA) is 50.4 Å². The highest BCUT2D eigenvalue weighted by atomic mass is 127. The van der Waals surface area contributed by atoms with E-state index in [1.165, 1.54) is 11.1 Å². The van der Waals surface area contributed by atoms with Gasteiger partial charge in [0.1, 0.15) is 11.5 Å². The molecule has 0 aliphatic carbocycles. The van der Waals surface area contributed by atoms with Crippen molar-refractivity contribution >= 4 is 22.6 Å². The van der Waals surface area contributed by atoms with Gasteiger partial charge >= 0.3 is 5.63 Å². The summed E-state index contributed by atoms with van der Waals surface area (Å²) in [6, 6.07) is 0. The van der Waals surface area contributed by atoms with E-state index in [4.69, 9.17) is 4.42 Å². The van der Waals surface area contributed by atoms with Crippen LogP contribution in [0.15, 0.2) is 30.5 Å². The van der Waals surface area contributed by atoms with Gasteiger partial charge in [-0.25, -0.2) is 4.79 Å². The van der Waals surface area contributed by atoms with Gasteiger partial charge in [-0.1, -0.05) is 34.2 Å². The standard InChI is InChI=1S/C15H19IO3/c1-9(7-10(2)8-16)5-6-13-11(3)14(17)12(4)15(18)19-13/h7-8,17H,5-6H2,1-4H3/b9-7+,10-8+. The van der Waals surface area contributed by atoms with Gasteiger partial charge < -0.3 is 9.52 Å². The minimum absolute atomic E-state index is 0.0521. The molecule has 0 spiro atoms. The summed E-state index contributed by atoms with van der Waals surface area (Å²) in [5.74, 6) is 0.619. The molecule has 1 N–H and O–H groups in total. The molecule has 1 aromatic heterocycles. The number of aromatic hydroxyl groups is 1. The Labute approximate surface area is 127 Å². The lowest BCUT2D eigenvalue weighted by Gasteiger charge is -2.08. The van der Waals surface area contributed by atoms with Crippen molar-refractivity contribution in [3.05, 3.63) is 48.6 Å². The number of rotatable bonds is 4. The lowest BCUT2D eigenvalue weighted by molar-refractivity contribution is 0.409. The van der Waals surface area contributed by atoms with Crippen molar-refractivity contribution in [3.63, 3.8) is 0 Å². The van der Waals surface area contributed by atoms with Gasteiger partial charge in [0.05, 0.1) is 5.56 Å². The molecule has 0 saturated carbocycles. The highest BCUT2D eigenvalue weighted by molar-refractivity contribution is 14.1. The van der Waals surface area contributed by atoms with E-state index in [0.717, 1.165) is 6.42 Å². The molecule has 0 aromatic carbocycles. The number of hydrogen-bond donors (Lipinski definition) is 1. The molecule has 1 aromatic rings. The summed E-state index contributed by atoms with van der Waals surface area (Å²) < 4.78 is 7.26. The SMILES string of the molecule is CC(=C\I)/C=C(\C)CCc1oc(=O)c(C)c(O)c1C. The van der Waals surface area contributed by atoms with Gasteiger partial charge in [-0.2, -0.15) is 0 Å². The molecule has 0 saturated heterocycles. The zero-order chi connectivity index (χ0) is 14.6. The molecule has 4 heteroatoms. The number of allylic oxidation sites excluding steroid dienone is 3. The summed E-state index contributed by atoms with van der Waals surface area (Å²) in [5.41, 5.74) is 2.89. The highest BCUT2D eigenvalue weighted by Crippen LogP contribution is 2.23. The summed E-state index contributed by atoms with van der Waals surface area (Å²) in [5, 5.41) is 9.83. The minimum Gasteiger partial charge on any atom is -0.507 e. The first-order valence-electron chi connectivity index (χ1n) is 6.13. The Hall–Kier alpha value is -1.04. The van der Waals surface area contributed by atoms with Crippen molar-refractivity contribution in [2.75, 3.05) is 0 Å². The average molecular weight is 374 g/mol. The van der Waals surface area contributed by atoms with E-state index in [1.807, 2.05) is 17.9 Å². The first-order chi connectivity index (χ1) is 8.86. The Bertz CT molecular complexity index is 580. The van der Waals surface area contributed by atoms with E-state index in [1.54, 1.807) is 13.8 Å². The van der Waals surface area contributed by atoms with Crippen LogP contribution in [0.3, 0.4) is 0 Å². The molecule has 1 rings (SSSR count). The smallest absolute Gasteiger partial charge is 0.342 e. The quantitative estimate of drug-likeness (QED) is 0.636. The van der Waals surface area contributed by atoms with Crippen molar-refractivity contribution < 1.29 is 9.52 Å². The molecule has 104 valence electrons. The minimum atomic E-state index is -0.455. The molecular formula is C15H19IO3. The number of aryl methyl sites for hydroxylation is 1. The van der Waals surface area contributed by atoms with Crippen molar-refractivity contribution in [1.29, 1.82) is 0 Å². The van der Waals surface area contributed by atoms with Gasteiger partial charge in [0.15, 0.2) is 0 Å². The van der Waals surface area contributed by atoms with Gasteiger partial charge in [0.2, 0.25) is 0 Å². The molecule has 19 heavy (non-hydrogen) atoms. The summed E-state index contributed by atoms with van der Waals surface area (Å²) in [6.07, 6.45) is 3.52. The molecule has 0 atom stereocenters. The van der Waals surface area contributed by atoms with Gasteiger partial charge in [-0.15, -0.1) is 0 Å². The molecule has 0 aliphatic rings. The van der Waals surface area contributed by atoms with E-state index < -0.39 is 5.63 Å². The van der Waals surface area contributed by atoms with Crippen LogP contribution in [-0.2, 0) is 6.42 Å². The van der Waals surface area contributed by atoms with Crippen LogP contribution in [0.1, 0.15) is 37.2 Å². The van der Waals surface area contributed by atoms with Crippen molar-refractivity contribution in [2.45, 2.75) is 40.5 Å². The van der Waals surface area contributed by atoms with Crippen LogP contribution >= 0.6 is 22.6 Å². The number of hydrogen-bond acceptors (Lipinski definition) is 3. The molecule has 0 bridgehead atoms. The molecule has 0 aliphatic heterocycles. The fourth-order valence-electron chi connectivity index (χ4n) is 1.82. The third-order valence-corrected chi connectivity index (χ3v) is 4.03. The second kappa shape index (κ2) is 6.93. The fraction of sp³-hybridized carbons (Fsp3) is 0.400. The number of halogens is 1. The van der Waals surface area contributed by atoms with E-state index in [9.17, 15) is 9.90 Å². The van der Waals surface area contributed by atoms with Gasteiger partial charge in [0.25, 0.3) is 0 Å². The van der Waals surface area contributed by atoms with E-state index >= 15 is 0 Å². The second-order valence-electron chi connectivity index (χ2n) is 4.76. The maximum atomic E-state index is 11.5. The van der Waals surface area contributed by atoms with Crippen LogP contribution in [0.25, 0.3) is 0 Å². The largest absolute Gasteiger partial charge is 0.507 e. The van der Waals surface area contributed by atoms with Crippen LogP contribution in [-0.4, -0.2) is 5.11 Å². The molecule has 1 heterocycles.